The van der Waals surface area contributed by atoms with Gasteiger partial charge in [-0.15, -0.1) is 0 Å². The summed E-state index contributed by atoms with van der Waals surface area (Å²) in [6.07, 6.45) is 3.58. The average Bonchev–Trinajstić information content (AvgIpc) is 2.78. The Morgan fingerprint density at radius 2 is 2.06 bits per heavy atom. The number of hydrogen-bond donors (Lipinski definition) is 2. The van der Waals surface area contributed by atoms with E-state index in [2.05, 4.69) is 11.6 Å². The van der Waals surface area contributed by atoms with E-state index in [1.54, 1.807) is 11.8 Å². The Bertz CT molecular complexity index is 272. The SMILES string of the molecule is CSCCCCNC(=O)C1CCC(C(=O)O)O1. The molecule has 0 saturated carbocycles. The van der Waals surface area contributed by atoms with Crippen LogP contribution in [0.2, 0.25) is 0 Å². The van der Waals surface area contributed by atoms with Gasteiger partial charge in [0.25, 0.3) is 0 Å². The monoisotopic (exact) mass is 261 g/mol. The minimum atomic E-state index is -0.986. The van der Waals surface area contributed by atoms with Gasteiger partial charge in [0.05, 0.1) is 0 Å². The summed E-state index contributed by atoms with van der Waals surface area (Å²) < 4.78 is 5.15. The molecule has 1 fully saturated rings. The fourth-order valence-electron chi connectivity index (χ4n) is 1.71. The molecule has 0 aromatic carbocycles. The topological polar surface area (TPSA) is 75.6 Å². The van der Waals surface area contributed by atoms with Crippen molar-refractivity contribution in [1.29, 1.82) is 0 Å². The van der Waals surface area contributed by atoms with Crippen molar-refractivity contribution in [2.24, 2.45) is 0 Å². The standard InChI is InChI=1S/C11H19NO4S/c1-17-7-3-2-6-12-10(13)8-4-5-9(16-8)11(14)15/h8-9H,2-7H2,1H3,(H,12,13)(H,14,15). The molecule has 0 bridgehead atoms. The molecule has 0 spiro atoms. The Hall–Kier alpha value is -0.750. The van der Waals surface area contributed by atoms with Crippen molar-refractivity contribution in [3.05, 3.63) is 0 Å². The van der Waals surface area contributed by atoms with Gasteiger partial charge in [0.1, 0.15) is 6.10 Å². The number of rotatable bonds is 7. The lowest BCUT2D eigenvalue weighted by atomic mass is 10.2. The third-order valence-corrected chi connectivity index (χ3v) is 3.36. The van der Waals surface area contributed by atoms with Crippen molar-refractivity contribution >= 4 is 23.6 Å². The summed E-state index contributed by atoms with van der Waals surface area (Å²) in [6, 6.07) is 0. The zero-order valence-electron chi connectivity index (χ0n) is 9.98. The van der Waals surface area contributed by atoms with E-state index in [4.69, 9.17) is 9.84 Å². The van der Waals surface area contributed by atoms with E-state index in [1.807, 2.05) is 0 Å². The lowest BCUT2D eigenvalue weighted by Crippen LogP contribution is -2.36. The van der Waals surface area contributed by atoms with Gasteiger partial charge in [0, 0.05) is 6.54 Å². The van der Waals surface area contributed by atoms with Gasteiger partial charge in [0.15, 0.2) is 6.10 Å². The van der Waals surface area contributed by atoms with Crippen LogP contribution in [0.3, 0.4) is 0 Å². The molecule has 0 radical (unpaired) electrons. The first-order chi connectivity index (χ1) is 8.15. The molecule has 2 N–H and O–H groups in total. The fraction of sp³-hybridized carbons (Fsp3) is 0.818. The van der Waals surface area contributed by atoms with E-state index in [-0.39, 0.29) is 5.91 Å². The largest absolute Gasteiger partial charge is 0.479 e. The molecule has 2 atom stereocenters. The second kappa shape index (κ2) is 7.55. The van der Waals surface area contributed by atoms with Crippen molar-refractivity contribution in [3.63, 3.8) is 0 Å². The molecule has 1 rings (SSSR count). The van der Waals surface area contributed by atoms with Gasteiger partial charge < -0.3 is 15.2 Å². The molecular weight excluding hydrogens is 242 g/mol. The number of aliphatic carboxylic acids is 1. The smallest absolute Gasteiger partial charge is 0.332 e. The van der Waals surface area contributed by atoms with Gasteiger partial charge >= 0.3 is 5.97 Å². The predicted molar refractivity (Wildman–Crippen MR) is 66.2 cm³/mol. The summed E-state index contributed by atoms with van der Waals surface area (Å²) in [6.45, 7) is 0.636. The van der Waals surface area contributed by atoms with E-state index in [0.717, 1.165) is 18.6 Å². The van der Waals surface area contributed by atoms with Gasteiger partial charge in [0.2, 0.25) is 5.91 Å². The lowest BCUT2D eigenvalue weighted by molar-refractivity contribution is -0.151. The summed E-state index contributed by atoms with van der Waals surface area (Å²) in [4.78, 5) is 22.3. The summed E-state index contributed by atoms with van der Waals surface area (Å²) >= 11 is 1.79. The van der Waals surface area contributed by atoms with Crippen LogP contribution in [0, 0.1) is 0 Å². The number of ether oxygens (including phenoxy) is 1. The van der Waals surface area contributed by atoms with E-state index >= 15 is 0 Å². The van der Waals surface area contributed by atoms with E-state index in [1.165, 1.54) is 0 Å². The maximum absolute atomic E-state index is 11.6. The molecule has 1 amide bonds. The van der Waals surface area contributed by atoms with Crippen LogP contribution in [0.1, 0.15) is 25.7 Å². The van der Waals surface area contributed by atoms with Crippen LogP contribution in [0.5, 0.6) is 0 Å². The Morgan fingerprint density at radius 1 is 1.35 bits per heavy atom. The Balaban J connectivity index is 2.14. The predicted octanol–water partition coefficient (Wildman–Crippen LogP) is 0.878. The third-order valence-electron chi connectivity index (χ3n) is 2.66. The van der Waals surface area contributed by atoms with Gasteiger partial charge in [-0.05, 0) is 37.7 Å². The molecule has 5 nitrogen and oxygen atoms in total. The number of carboxylic acid groups (broad SMARTS) is 1. The zero-order valence-corrected chi connectivity index (χ0v) is 10.8. The zero-order chi connectivity index (χ0) is 12.7. The quantitative estimate of drug-likeness (QED) is 0.665. The lowest BCUT2D eigenvalue weighted by Gasteiger charge is -2.11. The van der Waals surface area contributed by atoms with Crippen molar-refractivity contribution in [2.75, 3.05) is 18.6 Å². The second-order valence-electron chi connectivity index (χ2n) is 4.02. The minimum Gasteiger partial charge on any atom is -0.479 e. The first kappa shape index (κ1) is 14.3. The van der Waals surface area contributed by atoms with E-state index in [9.17, 15) is 9.59 Å². The Morgan fingerprint density at radius 3 is 2.65 bits per heavy atom. The highest BCUT2D eigenvalue weighted by molar-refractivity contribution is 7.98. The Kier molecular flexibility index (Phi) is 6.36. The van der Waals surface area contributed by atoms with Crippen LogP contribution >= 0.6 is 11.8 Å². The highest BCUT2D eigenvalue weighted by atomic mass is 32.2. The number of unbranched alkanes of at least 4 members (excludes halogenated alkanes) is 1. The van der Waals surface area contributed by atoms with Gasteiger partial charge in [-0.2, -0.15) is 11.8 Å². The van der Waals surface area contributed by atoms with E-state index in [0.29, 0.717) is 19.4 Å². The Labute approximate surface area is 105 Å². The van der Waals surface area contributed by atoms with Crippen LogP contribution in [0.15, 0.2) is 0 Å². The molecule has 2 unspecified atom stereocenters. The number of hydrogen-bond acceptors (Lipinski definition) is 4. The maximum Gasteiger partial charge on any atom is 0.332 e. The average molecular weight is 261 g/mol. The van der Waals surface area contributed by atoms with Crippen LogP contribution in [-0.4, -0.2) is 47.7 Å². The number of amides is 1. The van der Waals surface area contributed by atoms with Gasteiger partial charge in [-0.1, -0.05) is 0 Å². The normalized spacial score (nSPS) is 23.6. The molecule has 98 valence electrons. The van der Waals surface area contributed by atoms with Gasteiger partial charge in [-0.3, -0.25) is 4.79 Å². The third kappa shape index (κ3) is 4.95. The van der Waals surface area contributed by atoms with Crippen molar-refractivity contribution in [3.8, 4) is 0 Å². The molecule has 0 aromatic heterocycles. The highest BCUT2D eigenvalue weighted by Crippen LogP contribution is 2.19. The molecule has 0 aromatic rings. The molecule has 1 aliphatic rings. The number of thioether (sulfide) groups is 1. The number of carboxylic acids is 1. The van der Waals surface area contributed by atoms with Gasteiger partial charge in [-0.25, -0.2) is 4.79 Å². The van der Waals surface area contributed by atoms with Crippen LogP contribution < -0.4 is 5.32 Å². The van der Waals surface area contributed by atoms with E-state index < -0.39 is 18.2 Å². The van der Waals surface area contributed by atoms with Crippen LogP contribution in [0.25, 0.3) is 0 Å². The first-order valence-electron chi connectivity index (χ1n) is 5.80. The number of carbonyl (C=O) groups is 2. The van der Waals surface area contributed by atoms with Crippen molar-refractivity contribution in [1.82, 2.24) is 5.32 Å². The molecule has 17 heavy (non-hydrogen) atoms. The van der Waals surface area contributed by atoms with Crippen molar-refractivity contribution < 1.29 is 19.4 Å². The molecule has 6 heteroatoms. The van der Waals surface area contributed by atoms with Crippen molar-refractivity contribution in [2.45, 2.75) is 37.9 Å². The summed E-state index contributed by atoms with van der Waals surface area (Å²) in [5, 5.41) is 11.5. The molecule has 1 aliphatic heterocycles. The fourth-order valence-corrected chi connectivity index (χ4v) is 2.20. The summed E-state index contributed by atoms with van der Waals surface area (Å²) in [7, 11) is 0. The number of nitrogens with one attached hydrogen (secondary N) is 1. The summed E-state index contributed by atoms with van der Waals surface area (Å²) in [5.74, 6) is -0.0742. The number of carbonyl (C=O) groups excluding carboxylic acids is 1. The minimum absolute atomic E-state index is 0.182. The van der Waals surface area contributed by atoms with Crippen LogP contribution in [0.4, 0.5) is 0 Å². The molecule has 1 saturated heterocycles. The maximum atomic E-state index is 11.6. The molecular formula is C11H19NO4S. The molecule has 1 heterocycles. The highest BCUT2D eigenvalue weighted by Gasteiger charge is 2.34. The van der Waals surface area contributed by atoms with Crippen LogP contribution in [-0.2, 0) is 14.3 Å². The molecule has 0 aliphatic carbocycles. The summed E-state index contributed by atoms with van der Waals surface area (Å²) in [5.41, 5.74) is 0. The first-order valence-corrected chi connectivity index (χ1v) is 7.19. The second-order valence-corrected chi connectivity index (χ2v) is 5.01.